The summed E-state index contributed by atoms with van der Waals surface area (Å²) in [5.41, 5.74) is 2.88. The van der Waals surface area contributed by atoms with Gasteiger partial charge in [0.1, 0.15) is 5.82 Å². The van der Waals surface area contributed by atoms with Crippen LogP contribution in [-0.4, -0.2) is 54.8 Å². The fourth-order valence-corrected chi connectivity index (χ4v) is 4.06. The smallest absolute Gasteiger partial charge is 0.290 e. The normalized spacial score (nSPS) is 13.6. The molecule has 3 aromatic rings. The van der Waals surface area contributed by atoms with Crippen LogP contribution in [0.1, 0.15) is 24.1 Å². The number of benzene rings is 1. The molecule has 180 valence electrons. The summed E-state index contributed by atoms with van der Waals surface area (Å²) in [6, 6.07) is 11.7. The molecule has 0 radical (unpaired) electrons. The Morgan fingerprint density at radius 3 is 2.47 bits per heavy atom. The maximum absolute atomic E-state index is 12.6. The molecule has 0 aliphatic carbocycles. The van der Waals surface area contributed by atoms with E-state index in [1.807, 2.05) is 30.3 Å². The second-order valence-electron chi connectivity index (χ2n) is 7.93. The van der Waals surface area contributed by atoms with Gasteiger partial charge in [0.05, 0.1) is 32.0 Å². The van der Waals surface area contributed by atoms with E-state index in [2.05, 4.69) is 28.2 Å². The van der Waals surface area contributed by atoms with Crippen LogP contribution in [0, 0.1) is 12.8 Å². The van der Waals surface area contributed by atoms with E-state index in [4.69, 9.17) is 24.4 Å². The Bertz CT molecular complexity index is 1120. The van der Waals surface area contributed by atoms with Gasteiger partial charge in [0.15, 0.2) is 11.5 Å². The topological polar surface area (TPSA) is 114 Å². The van der Waals surface area contributed by atoms with Crippen molar-refractivity contribution in [2.45, 2.75) is 26.3 Å². The third-order valence-electron chi connectivity index (χ3n) is 5.87. The number of carbonyl (C=O) groups is 2. The summed E-state index contributed by atoms with van der Waals surface area (Å²) < 4.78 is 10.9. The molecular formula is C25H30N4O5. The Labute approximate surface area is 198 Å². The van der Waals surface area contributed by atoms with Gasteiger partial charge in [-0.3, -0.25) is 14.6 Å². The van der Waals surface area contributed by atoms with E-state index < -0.39 is 0 Å². The standard InChI is InChI=1S/C24H28N4O3.CH2O2/c1-16-12-23(27-20-14-22(31-3)21(30-2)13-19(16)20)28-10-7-17(8-11-28)24(29)26-15-18-6-4-5-9-25-18;2-1-3/h4-6,9,12-14,17H,7-8,10-11,15H2,1-3H3,(H,26,29);1H,(H,2,3). The molecule has 2 N–H and O–H groups in total. The summed E-state index contributed by atoms with van der Waals surface area (Å²) in [5.74, 6) is 2.42. The van der Waals surface area contributed by atoms with Crippen LogP contribution < -0.4 is 19.7 Å². The van der Waals surface area contributed by atoms with Crippen molar-refractivity contribution in [2.75, 3.05) is 32.2 Å². The summed E-state index contributed by atoms with van der Waals surface area (Å²) in [5, 5.41) is 11.0. The average Bonchev–Trinajstić information content (AvgIpc) is 2.87. The molecule has 3 heterocycles. The zero-order chi connectivity index (χ0) is 24.5. The lowest BCUT2D eigenvalue weighted by molar-refractivity contribution is -0.126. The third kappa shape index (κ3) is 5.92. The molecule has 0 bridgehead atoms. The maximum atomic E-state index is 12.6. The Kier molecular flexibility index (Phi) is 8.61. The number of methoxy groups -OCH3 is 2. The summed E-state index contributed by atoms with van der Waals surface area (Å²) in [6.45, 7) is 3.90. The number of rotatable bonds is 6. The minimum absolute atomic E-state index is 0.0193. The van der Waals surface area contributed by atoms with Crippen molar-refractivity contribution in [3.63, 3.8) is 0 Å². The number of anilines is 1. The molecule has 1 aliphatic heterocycles. The lowest BCUT2D eigenvalue weighted by atomic mass is 9.95. The second kappa shape index (κ2) is 11.8. The maximum Gasteiger partial charge on any atom is 0.290 e. The van der Waals surface area contributed by atoms with Gasteiger partial charge in [-0.05, 0) is 49.6 Å². The number of fused-ring (bicyclic) bond motifs is 1. The Hall–Kier alpha value is -3.88. The van der Waals surface area contributed by atoms with Gasteiger partial charge in [0, 0.05) is 36.7 Å². The van der Waals surface area contributed by atoms with Crippen molar-refractivity contribution in [1.29, 1.82) is 0 Å². The van der Waals surface area contributed by atoms with Gasteiger partial charge in [-0.15, -0.1) is 0 Å². The van der Waals surface area contributed by atoms with Gasteiger partial charge < -0.3 is 24.8 Å². The number of ether oxygens (including phenoxy) is 2. The highest BCUT2D eigenvalue weighted by molar-refractivity contribution is 5.87. The molecule has 1 fully saturated rings. The van der Waals surface area contributed by atoms with Crippen LogP contribution in [0.2, 0.25) is 0 Å². The van der Waals surface area contributed by atoms with Crippen molar-refractivity contribution < 1.29 is 24.2 Å². The molecule has 34 heavy (non-hydrogen) atoms. The Morgan fingerprint density at radius 2 is 1.85 bits per heavy atom. The second-order valence-corrected chi connectivity index (χ2v) is 7.93. The number of carboxylic acid groups (broad SMARTS) is 1. The number of hydrogen-bond donors (Lipinski definition) is 2. The number of pyridine rings is 2. The van der Waals surface area contributed by atoms with E-state index in [9.17, 15) is 4.79 Å². The van der Waals surface area contributed by atoms with E-state index in [1.165, 1.54) is 0 Å². The largest absolute Gasteiger partial charge is 0.493 e. The van der Waals surface area contributed by atoms with E-state index >= 15 is 0 Å². The predicted molar refractivity (Wildman–Crippen MR) is 129 cm³/mol. The van der Waals surface area contributed by atoms with E-state index in [0.29, 0.717) is 18.0 Å². The molecular weight excluding hydrogens is 436 g/mol. The number of aromatic nitrogens is 2. The Morgan fingerprint density at radius 1 is 1.18 bits per heavy atom. The SMILES string of the molecule is COc1cc2nc(N3CCC(C(=O)NCc4ccccn4)CC3)cc(C)c2cc1OC.O=CO. The molecule has 0 unspecified atom stereocenters. The van der Waals surface area contributed by atoms with Crippen LogP contribution in [0.25, 0.3) is 10.9 Å². The number of piperidine rings is 1. The zero-order valence-corrected chi connectivity index (χ0v) is 19.7. The summed E-state index contributed by atoms with van der Waals surface area (Å²) in [6.07, 6.45) is 3.35. The number of aryl methyl sites for hydroxylation is 1. The van der Waals surface area contributed by atoms with Crippen LogP contribution in [0.5, 0.6) is 11.5 Å². The molecule has 1 saturated heterocycles. The number of carbonyl (C=O) groups excluding carboxylic acids is 1. The van der Waals surface area contributed by atoms with Gasteiger partial charge in [-0.25, -0.2) is 4.98 Å². The van der Waals surface area contributed by atoms with Crippen molar-refractivity contribution in [3.05, 3.63) is 53.9 Å². The highest BCUT2D eigenvalue weighted by Gasteiger charge is 2.26. The number of nitrogens with zero attached hydrogens (tertiary/aromatic N) is 3. The first kappa shape index (κ1) is 24.8. The van der Waals surface area contributed by atoms with Gasteiger partial charge >= 0.3 is 0 Å². The molecule has 1 amide bonds. The Balaban J connectivity index is 0.00000103. The quantitative estimate of drug-likeness (QED) is 0.533. The van der Waals surface area contributed by atoms with Gasteiger partial charge in [0.2, 0.25) is 5.91 Å². The minimum atomic E-state index is -0.250. The number of amides is 1. The lowest BCUT2D eigenvalue weighted by Gasteiger charge is -2.32. The first-order valence-electron chi connectivity index (χ1n) is 11.0. The lowest BCUT2D eigenvalue weighted by Crippen LogP contribution is -2.40. The average molecular weight is 467 g/mol. The summed E-state index contributed by atoms with van der Waals surface area (Å²) in [4.78, 5) is 32.3. The first-order valence-corrected chi connectivity index (χ1v) is 11.0. The van der Waals surface area contributed by atoms with Crippen molar-refractivity contribution >= 4 is 29.1 Å². The molecule has 0 saturated carbocycles. The monoisotopic (exact) mass is 466 g/mol. The number of nitrogens with one attached hydrogen (secondary N) is 1. The van der Waals surface area contributed by atoms with Gasteiger partial charge in [-0.1, -0.05) is 6.07 Å². The fraction of sp³-hybridized carbons (Fsp3) is 0.360. The van der Waals surface area contributed by atoms with Crippen LogP contribution >= 0.6 is 0 Å². The van der Waals surface area contributed by atoms with Crippen LogP contribution in [0.4, 0.5) is 5.82 Å². The molecule has 1 aliphatic rings. The highest BCUT2D eigenvalue weighted by atomic mass is 16.5. The van der Waals surface area contributed by atoms with Gasteiger partial charge in [0.25, 0.3) is 6.47 Å². The van der Waals surface area contributed by atoms with Crippen molar-refractivity contribution in [1.82, 2.24) is 15.3 Å². The molecule has 9 nitrogen and oxygen atoms in total. The fourth-order valence-electron chi connectivity index (χ4n) is 4.06. The predicted octanol–water partition coefficient (Wildman–Crippen LogP) is 3.19. The first-order chi connectivity index (χ1) is 16.5. The molecule has 4 rings (SSSR count). The van der Waals surface area contributed by atoms with Crippen LogP contribution in [0.15, 0.2) is 42.6 Å². The third-order valence-corrected chi connectivity index (χ3v) is 5.87. The molecule has 2 aromatic heterocycles. The van der Waals surface area contributed by atoms with Crippen LogP contribution in [0.3, 0.4) is 0 Å². The van der Waals surface area contributed by atoms with Crippen LogP contribution in [-0.2, 0) is 16.1 Å². The molecule has 0 atom stereocenters. The summed E-state index contributed by atoms with van der Waals surface area (Å²) >= 11 is 0. The molecule has 9 heteroatoms. The van der Waals surface area contributed by atoms with E-state index in [0.717, 1.165) is 53.9 Å². The summed E-state index contributed by atoms with van der Waals surface area (Å²) in [7, 11) is 3.27. The minimum Gasteiger partial charge on any atom is -0.493 e. The van der Waals surface area contributed by atoms with E-state index in [1.54, 1.807) is 20.4 Å². The molecule has 1 aromatic carbocycles. The molecule has 0 spiro atoms. The highest BCUT2D eigenvalue weighted by Crippen LogP contribution is 2.34. The zero-order valence-electron chi connectivity index (χ0n) is 19.7. The van der Waals surface area contributed by atoms with Gasteiger partial charge in [-0.2, -0.15) is 0 Å². The number of hydrogen-bond acceptors (Lipinski definition) is 7. The van der Waals surface area contributed by atoms with Crippen molar-refractivity contribution in [2.24, 2.45) is 5.92 Å². The van der Waals surface area contributed by atoms with Crippen molar-refractivity contribution in [3.8, 4) is 11.5 Å². The van der Waals surface area contributed by atoms with E-state index in [-0.39, 0.29) is 18.3 Å².